The largest absolute Gasteiger partial charge is 0.465 e. The molecule has 0 bridgehead atoms. The fourth-order valence-corrected chi connectivity index (χ4v) is 4.31. The summed E-state index contributed by atoms with van der Waals surface area (Å²) in [5.41, 5.74) is 3.15. The second kappa shape index (κ2) is 8.70. The SMILES string of the molecule is COC(C)C1COC(=O)C1CCc1ccn2ncc(-c3ccc(-c4ncn[nH]4)c(F)c3)c2n1. The number of H-pyrrole nitrogens is 1. The van der Waals surface area contributed by atoms with Gasteiger partial charge in [-0.25, -0.2) is 18.9 Å². The Hall–Kier alpha value is -3.66. The van der Waals surface area contributed by atoms with E-state index in [1.807, 2.05) is 19.2 Å². The van der Waals surface area contributed by atoms with E-state index in [4.69, 9.17) is 14.5 Å². The van der Waals surface area contributed by atoms with E-state index in [0.29, 0.717) is 47.6 Å². The minimum absolute atomic E-state index is 0.0302. The van der Waals surface area contributed by atoms with Crippen molar-refractivity contribution < 1.29 is 18.7 Å². The van der Waals surface area contributed by atoms with E-state index in [-0.39, 0.29) is 23.9 Å². The Balaban J connectivity index is 1.39. The molecule has 3 aromatic heterocycles. The Morgan fingerprint density at radius 3 is 2.97 bits per heavy atom. The predicted octanol–water partition coefficient (Wildman–Crippen LogP) is 3.08. The molecule has 10 heteroatoms. The van der Waals surface area contributed by atoms with Crippen molar-refractivity contribution >= 4 is 11.6 Å². The van der Waals surface area contributed by atoms with Gasteiger partial charge in [-0.15, -0.1) is 0 Å². The molecular weight excluding hydrogens is 427 g/mol. The van der Waals surface area contributed by atoms with E-state index in [1.54, 1.807) is 30.0 Å². The van der Waals surface area contributed by atoms with Crippen molar-refractivity contribution in [1.82, 2.24) is 29.8 Å². The molecule has 3 atom stereocenters. The second-order valence-corrected chi connectivity index (χ2v) is 8.15. The minimum Gasteiger partial charge on any atom is -0.465 e. The van der Waals surface area contributed by atoms with Gasteiger partial charge in [-0.2, -0.15) is 10.2 Å². The first kappa shape index (κ1) is 21.2. The zero-order valence-electron chi connectivity index (χ0n) is 18.2. The van der Waals surface area contributed by atoms with Crippen LogP contribution in [-0.4, -0.2) is 55.6 Å². The van der Waals surface area contributed by atoms with Crippen molar-refractivity contribution in [2.45, 2.75) is 25.9 Å². The van der Waals surface area contributed by atoms with Gasteiger partial charge < -0.3 is 9.47 Å². The minimum atomic E-state index is -0.419. The third kappa shape index (κ3) is 3.97. The van der Waals surface area contributed by atoms with Crippen LogP contribution in [0.25, 0.3) is 28.2 Å². The third-order valence-corrected chi connectivity index (χ3v) is 6.30. The molecule has 1 aliphatic rings. The first-order valence-electron chi connectivity index (χ1n) is 10.7. The number of fused-ring (bicyclic) bond motifs is 1. The zero-order valence-corrected chi connectivity index (χ0v) is 18.2. The summed E-state index contributed by atoms with van der Waals surface area (Å²) in [6.45, 7) is 2.34. The lowest BCUT2D eigenvalue weighted by Crippen LogP contribution is -2.28. The van der Waals surface area contributed by atoms with Crippen LogP contribution >= 0.6 is 0 Å². The molecule has 1 saturated heterocycles. The van der Waals surface area contributed by atoms with Crippen LogP contribution in [0, 0.1) is 17.7 Å². The molecule has 0 amide bonds. The Morgan fingerprint density at radius 2 is 2.21 bits per heavy atom. The Kier molecular flexibility index (Phi) is 5.59. The Morgan fingerprint density at radius 1 is 1.33 bits per heavy atom. The highest BCUT2D eigenvalue weighted by atomic mass is 19.1. The quantitative estimate of drug-likeness (QED) is 0.431. The summed E-state index contributed by atoms with van der Waals surface area (Å²) in [6, 6.07) is 6.78. The van der Waals surface area contributed by atoms with Crippen molar-refractivity contribution in [3.63, 3.8) is 0 Å². The highest BCUT2D eigenvalue weighted by molar-refractivity contribution is 5.78. The van der Waals surface area contributed by atoms with Gasteiger partial charge >= 0.3 is 5.97 Å². The summed E-state index contributed by atoms with van der Waals surface area (Å²) in [6.07, 6.45) is 5.98. The second-order valence-electron chi connectivity index (χ2n) is 8.15. The molecule has 1 aromatic carbocycles. The molecular formula is C23H23FN6O3. The van der Waals surface area contributed by atoms with Crippen molar-refractivity contribution in [3.05, 3.63) is 54.5 Å². The van der Waals surface area contributed by atoms with Gasteiger partial charge in [-0.1, -0.05) is 6.07 Å². The fraction of sp³-hybridized carbons (Fsp3) is 0.348. The first-order chi connectivity index (χ1) is 16.0. The molecule has 0 spiro atoms. The number of halogens is 1. The van der Waals surface area contributed by atoms with E-state index in [9.17, 15) is 9.18 Å². The number of carbonyl (C=O) groups excluding carboxylic acids is 1. The van der Waals surface area contributed by atoms with Crippen molar-refractivity contribution in [2.24, 2.45) is 11.8 Å². The first-order valence-corrected chi connectivity index (χ1v) is 10.7. The lowest BCUT2D eigenvalue weighted by molar-refractivity contribution is -0.141. The number of rotatable bonds is 7. The molecule has 170 valence electrons. The Labute approximate surface area is 189 Å². The average Bonchev–Trinajstić information content (AvgIpc) is 3.57. The van der Waals surface area contributed by atoms with Crippen LogP contribution in [0.15, 0.2) is 43.0 Å². The van der Waals surface area contributed by atoms with E-state index in [1.165, 1.54) is 12.4 Å². The number of nitrogens with one attached hydrogen (secondary N) is 1. The molecule has 0 saturated carbocycles. The van der Waals surface area contributed by atoms with Gasteiger partial charge in [0.2, 0.25) is 0 Å². The highest BCUT2D eigenvalue weighted by Crippen LogP contribution is 2.31. The van der Waals surface area contributed by atoms with Gasteiger partial charge in [0.05, 0.1) is 30.4 Å². The van der Waals surface area contributed by atoms with Crippen molar-refractivity contribution in [3.8, 4) is 22.5 Å². The normalized spacial score (nSPS) is 19.2. The standard InChI is InChI=1S/C23H23FN6O3/c1-13(32-2)19-11-33-23(31)16(19)6-4-15-7-8-30-22(28-15)18(10-27-30)14-3-5-17(20(24)9-14)21-25-12-26-29-21/h3,5,7-10,12-13,16,19H,4,6,11H2,1-2H3,(H,25,26,29). The van der Waals surface area contributed by atoms with E-state index >= 15 is 0 Å². The smallest absolute Gasteiger partial charge is 0.309 e. The average molecular weight is 450 g/mol. The van der Waals surface area contributed by atoms with Gasteiger partial charge in [0.25, 0.3) is 0 Å². The van der Waals surface area contributed by atoms with E-state index in [0.717, 1.165) is 5.69 Å². The number of ether oxygens (including phenoxy) is 2. The molecule has 1 fully saturated rings. The number of aromatic nitrogens is 6. The van der Waals surface area contributed by atoms with Gasteiger partial charge in [-0.3, -0.25) is 9.89 Å². The monoisotopic (exact) mass is 450 g/mol. The maximum atomic E-state index is 14.8. The van der Waals surface area contributed by atoms with Crippen LogP contribution in [-0.2, 0) is 20.7 Å². The van der Waals surface area contributed by atoms with Crippen LogP contribution in [0.2, 0.25) is 0 Å². The summed E-state index contributed by atoms with van der Waals surface area (Å²) in [4.78, 5) is 21.0. The van der Waals surface area contributed by atoms with E-state index < -0.39 is 5.82 Å². The van der Waals surface area contributed by atoms with Gasteiger partial charge in [0.15, 0.2) is 11.5 Å². The summed E-state index contributed by atoms with van der Waals surface area (Å²) >= 11 is 0. The molecule has 5 rings (SSSR count). The number of cyclic esters (lactones) is 1. The van der Waals surface area contributed by atoms with Gasteiger partial charge in [0, 0.05) is 30.5 Å². The molecule has 1 aliphatic heterocycles. The summed E-state index contributed by atoms with van der Waals surface area (Å²) in [5, 5.41) is 10.8. The van der Waals surface area contributed by atoms with Crippen LogP contribution in [0.4, 0.5) is 4.39 Å². The number of methoxy groups -OCH3 is 1. The van der Waals surface area contributed by atoms with Crippen LogP contribution in [0.3, 0.4) is 0 Å². The molecule has 0 radical (unpaired) electrons. The fourth-order valence-electron chi connectivity index (χ4n) is 4.31. The molecule has 33 heavy (non-hydrogen) atoms. The van der Waals surface area contributed by atoms with Crippen molar-refractivity contribution in [1.29, 1.82) is 0 Å². The summed E-state index contributed by atoms with van der Waals surface area (Å²) < 4.78 is 27.1. The summed E-state index contributed by atoms with van der Waals surface area (Å²) in [5.74, 6) is -0.427. The van der Waals surface area contributed by atoms with Crippen LogP contribution < -0.4 is 0 Å². The van der Waals surface area contributed by atoms with E-state index in [2.05, 4.69) is 20.3 Å². The molecule has 9 nitrogen and oxygen atoms in total. The number of carbonyl (C=O) groups is 1. The molecule has 4 aromatic rings. The number of hydrogen-bond donors (Lipinski definition) is 1. The number of hydrogen-bond acceptors (Lipinski definition) is 7. The number of aromatic amines is 1. The third-order valence-electron chi connectivity index (χ3n) is 6.30. The predicted molar refractivity (Wildman–Crippen MR) is 116 cm³/mol. The van der Waals surface area contributed by atoms with Crippen molar-refractivity contribution in [2.75, 3.05) is 13.7 Å². The maximum absolute atomic E-state index is 14.8. The number of aryl methyl sites for hydroxylation is 1. The number of benzene rings is 1. The van der Waals surface area contributed by atoms with Crippen LogP contribution in [0.1, 0.15) is 19.0 Å². The van der Waals surface area contributed by atoms with Gasteiger partial charge in [-0.05, 0) is 43.5 Å². The topological polar surface area (TPSA) is 107 Å². The summed E-state index contributed by atoms with van der Waals surface area (Å²) in [7, 11) is 1.64. The van der Waals surface area contributed by atoms with Gasteiger partial charge in [0.1, 0.15) is 12.1 Å². The number of nitrogens with zero attached hydrogens (tertiary/aromatic N) is 5. The molecule has 0 aliphatic carbocycles. The lowest BCUT2D eigenvalue weighted by Gasteiger charge is -2.20. The molecule has 1 N–H and O–H groups in total. The molecule has 4 heterocycles. The molecule has 3 unspecified atom stereocenters. The maximum Gasteiger partial charge on any atom is 0.309 e. The zero-order chi connectivity index (χ0) is 22.9. The highest BCUT2D eigenvalue weighted by Gasteiger charge is 2.39. The number of esters is 1. The lowest BCUT2D eigenvalue weighted by atomic mass is 9.87. The Bertz CT molecular complexity index is 1290. The van der Waals surface area contributed by atoms with Crippen LogP contribution in [0.5, 0.6) is 0 Å².